The molecule has 0 radical (unpaired) electrons. The highest BCUT2D eigenvalue weighted by atomic mass is 16.5. The van der Waals surface area contributed by atoms with Crippen LogP contribution in [0.1, 0.15) is 40.1 Å². The van der Waals surface area contributed by atoms with E-state index in [-0.39, 0.29) is 24.0 Å². The number of morpholine rings is 1. The highest BCUT2D eigenvalue weighted by molar-refractivity contribution is 6.34. The number of amides is 2. The average Bonchev–Trinajstić information content (AvgIpc) is 2.86. The smallest absolute Gasteiger partial charge is 0.266 e. The van der Waals surface area contributed by atoms with E-state index in [0.717, 1.165) is 25.2 Å². The third-order valence-corrected chi connectivity index (χ3v) is 4.89. The number of imide groups is 1. The predicted octanol–water partition coefficient (Wildman–Crippen LogP) is 3.10. The maximum absolute atomic E-state index is 12.6. The van der Waals surface area contributed by atoms with E-state index in [1.807, 2.05) is 24.3 Å². The van der Waals surface area contributed by atoms with Gasteiger partial charge in [0.2, 0.25) is 0 Å². The number of carbonyl (C=O) groups excluding carboxylic acids is 2. The van der Waals surface area contributed by atoms with Crippen LogP contribution < -0.4 is 4.90 Å². The van der Waals surface area contributed by atoms with Gasteiger partial charge in [-0.15, -0.1) is 0 Å². The van der Waals surface area contributed by atoms with E-state index in [1.54, 1.807) is 24.3 Å². The SMILES string of the molecule is CC1CN(Cc2ccc(N3C(=O)c4ccccc4C3=O)cc2)CC(C)O1. The molecular weight excluding hydrogens is 328 g/mol. The molecular formula is C21H22N2O3. The molecule has 2 heterocycles. The van der Waals surface area contributed by atoms with Crippen LogP contribution in [0.3, 0.4) is 0 Å². The van der Waals surface area contributed by atoms with Crippen molar-refractivity contribution in [3.05, 3.63) is 65.2 Å². The molecule has 0 saturated carbocycles. The lowest BCUT2D eigenvalue weighted by molar-refractivity contribution is -0.0704. The van der Waals surface area contributed by atoms with Gasteiger partial charge < -0.3 is 4.74 Å². The molecule has 2 unspecified atom stereocenters. The highest BCUT2D eigenvalue weighted by Crippen LogP contribution is 2.28. The Kier molecular flexibility index (Phi) is 4.34. The van der Waals surface area contributed by atoms with Crippen LogP contribution in [0.15, 0.2) is 48.5 Å². The molecule has 26 heavy (non-hydrogen) atoms. The molecule has 0 spiro atoms. The van der Waals surface area contributed by atoms with Crippen LogP contribution in [0.5, 0.6) is 0 Å². The molecule has 2 atom stereocenters. The van der Waals surface area contributed by atoms with Crippen molar-refractivity contribution in [2.45, 2.75) is 32.6 Å². The monoisotopic (exact) mass is 350 g/mol. The lowest BCUT2D eigenvalue weighted by Crippen LogP contribution is -2.44. The number of fused-ring (bicyclic) bond motifs is 1. The topological polar surface area (TPSA) is 49.9 Å². The molecule has 2 aliphatic rings. The molecule has 0 N–H and O–H groups in total. The van der Waals surface area contributed by atoms with Crippen molar-refractivity contribution in [3.63, 3.8) is 0 Å². The van der Waals surface area contributed by atoms with Crippen LogP contribution >= 0.6 is 0 Å². The lowest BCUT2D eigenvalue weighted by Gasteiger charge is -2.35. The normalized spacial score (nSPS) is 23.4. The van der Waals surface area contributed by atoms with Gasteiger partial charge in [0.15, 0.2) is 0 Å². The molecule has 2 aromatic carbocycles. The van der Waals surface area contributed by atoms with Crippen LogP contribution in [-0.4, -0.2) is 42.0 Å². The summed E-state index contributed by atoms with van der Waals surface area (Å²) in [6, 6.07) is 14.6. The zero-order valence-corrected chi connectivity index (χ0v) is 15.0. The van der Waals surface area contributed by atoms with Crippen LogP contribution in [0.4, 0.5) is 5.69 Å². The van der Waals surface area contributed by atoms with Crippen molar-refractivity contribution in [2.75, 3.05) is 18.0 Å². The summed E-state index contributed by atoms with van der Waals surface area (Å²) in [4.78, 5) is 28.8. The van der Waals surface area contributed by atoms with Gasteiger partial charge in [0.1, 0.15) is 0 Å². The minimum Gasteiger partial charge on any atom is -0.373 e. The zero-order valence-electron chi connectivity index (χ0n) is 15.0. The van der Waals surface area contributed by atoms with Crippen molar-refractivity contribution >= 4 is 17.5 Å². The molecule has 2 aromatic rings. The fourth-order valence-corrected chi connectivity index (χ4v) is 3.85. The molecule has 0 aromatic heterocycles. The summed E-state index contributed by atoms with van der Waals surface area (Å²) in [5, 5.41) is 0. The standard InChI is InChI=1S/C21H22N2O3/c1-14-11-22(12-15(2)26-14)13-16-7-9-17(10-8-16)23-20(24)18-5-3-4-6-19(18)21(23)25/h3-10,14-15H,11-13H2,1-2H3. The molecule has 0 bridgehead atoms. The first-order chi connectivity index (χ1) is 12.5. The van der Waals surface area contributed by atoms with Gasteiger partial charge in [-0.25, -0.2) is 4.90 Å². The third kappa shape index (κ3) is 3.04. The summed E-state index contributed by atoms with van der Waals surface area (Å²) in [6.07, 6.45) is 0.466. The Morgan fingerprint density at radius 2 is 1.42 bits per heavy atom. The van der Waals surface area contributed by atoms with Gasteiger partial charge in [-0.05, 0) is 43.7 Å². The van der Waals surface area contributed by atoms with Crippen molar-refractivity contribution in [1.29, 1.82) is 0 Å². The Morgan fingerprint density at radius 1 is 0.885 bits per heavy atom. The van der Waals surface area contributed by atoms with Crippen LogP contribution in [0.25, 0.3) is 0 Å². The van der Waals surface area contributed by atoms with Gasteiger partial charge in [0.05, 0.1) is 29.0 Å². The molecule has 5 nitrogen and oxygen atoms in total. The second-order valence-corrected chi connectivity index (χ2v) is 7.11. The molecule has 4 rings (SSSR count). The molecule has 2 aliphatic heterocycles. The first kappa shape index (κ1) is 16.9. The molecule has 0 aliphatic carbocycles. The van der Waals surface area contributed by atoms with Crippen molar-refractivity contribution < 1.29 is 14.3 Å². The summed E-state index contributed by atoms with van der Waals surface area (Å²) >= 11 is 0. The number of hydrogen-bond donors (Lipinski definition) is 0. The summed E-state index contributed by atoms with van der Waals surface area (Å²) in [7, 11) is 0. The van der Waals surface area contributed by atoms with Crippen molar-refractivity contribution in [2.24, 2.45) is 0 Å². The fraction of sp³-hybridized carbons (Fsp3) is 0.333. The highest BCUT2D eigenvalue weighted by Gasteiger charge is 2.36. The van der Waals surface area contributed by atoms with E-state index in [2.05, 4.69) is 18.7 Å². The summed E-state index contributed by atoms with van der Waals surface area (Å²) < 4.78 is 5.77. The van der Waals surface area contributed by atoms with Crippen molar-refractivity contribution in [3.8, 4) is 0 Å². The summed E-state index contributed by atoms with van der Waals surface area (Å²) in [5.41, 5.74) is 2.71. The first-order valence-corrected chi connectivity index (χ1v) is 8.97. The zero-order chi connectivity index (χ0) is 18.3. The third-order valence-electron chi connectivity index (χ3n) is 4.89. The van der Waals surface area contributed by atoms with Crippen LogP contribution in [0, 0.1) is 0 Å². The summed E-state index contributed by atoms with van der Waals surface area (Å²) in [6.45, 7) is 6.83. The Balaban J connectivity index is 1.50. The Hall–Kier alpha value is -2.50. The average molecular weight is 350 g/mol. The molecule has 5 heteroatoms. The molecule has 2 amide bonds. The van der Waals surface area contributed by atoms with Gasteiger partial charge in [-0.3, -0.25) is 14.5 Å². The molecule has 1 fully saturated rings. The van der Waals surface area contributed by atoms with Crippen LogP contribution in [-0.2, 0) is 11.3 Å². The minimum atomic E-state index is -0.255. The number of hydrogen-bond acceptors (Lipinski definition) is 4. The predicted molar refractivity (Wildman–Crippen MR) is 99.3 cm³/mol. The lowest BCUT2D eigenvalue weighted by atomic mass is 10.1. The van der Waals surface area contributed by atoms with E-state index < -0.39 is 0 Å². The minimum absolute atomic E-state index is 0.233. The van der Waals surface area contributed by atoms with E-state index in [1.165, 1.54) is 4.90 Å². The Labute approximate surface area is 153 Å². The number of carbonyl (C=O) groups is 2. The largest absolute Gasteiger partial charge is 0.373 e. The number of benzene rings is 2. The van der Waals surface area contributed by atoms with E-state index in [9.17, 15) is 9.59 Å². The van der Waals surface area contributed by atoms with Gasteiger partial charge in [0, 0.05) is 19.6 Å². The van der Waals surface area contributed by atoms with Gasteiger partial charge in [-0.1, -0.05) is 24.3 Å². The van der Waals surface area contributed by atoms with E-state index in [0.29, 0.717) is 16.8 Å². The first-order valence-electron chi connectivity index (χ1n) is 8.97. The van der Waals surface area contributed by atoms with Gasteiger partial charge in [-0.2, -0.15) is 0 Å². The van der Waals surface area contributed by atoms with E-state index in [4.69, 9.17) is 4.74 Å². The van der Waals surface area contributed by atoms with Crippen LogP contribution in [0.2, 0.25) is 0 Å². The van der Waals surface area contributed by atoms with E-state index >= 15 is 0 Å². The number of rotatable bonds is 3. The quantitative estimate of drug-likeness (QED) is 0.798. The maximum Gasteiger partial charge on any atom is 0.266 e. The second kappa shape index (κ2) is 6.67. The Morgan fingerprint density at radius 3 is 1.96 bits per heavy atom. The maximum atomic E-state index is 12.6. The number of ether oxygens (including phenoxy) is 1. The molecule has 1 saturated heterocycles. The fourth-order valence-electron chi connectivity index (χ4n) is 3.85. The number of nitrogens with zero attached hydrogens (tertiary/aromatic N) is 2. The van der Waals surface area contributed by atoms with Gasteiger partial charge >= 0.3 is 0 Å². The second-order valence-electron chi connectivity index (χ2n) is 7.11. The Bertz CT molecular complexity index is 802. The number of anilines is 1. The van der Waals surface area contributed by atoms with Gasteiger partial charge in [0.25, 0.3) is 11.8 Å². The van der Waals surface area contributed by atoms with Crippen molar-refractivity contribution in [1.82, 2.24) is 4.90 Å². The molecule has 134 valence electrons. The summed E-state index contributed by atoms with van der Waals surface area (Å²) in [5.74, 6) is -0.511.